The van der Waals surface area contributed by atoms with Gasteiger partial charge in [-0.25, -0.2) is 9.78 Å². The fourth-order valence-electron chi connectivity index (χ4n) is 4.13. The van der Waals surface area contributed by atoms with Crippen molar-refractivity contribution in [2.45, 2.75) is 38.4 Å². The van der Waals surface area contributed by atoms with E-state index >= 15 is 0 Å². The maximum Gasteiger partial charge on any atom is 0.490 e. The maximum absolute atomic E-state index is 13.3. The first-order valence-corrected chi connectivity index (χ1v) is 13.4. The average molecular weight is 589 g/mol. The van der Waals surface area contributed by atoms with Gasteiger partial charge in [0.2, 0.25) is 11.9 Å². The number of aliphatic carboxylic acids is 1. The van der Waals surface area contributed by atoms with Gasteiger partial charge in [-0.05, 0) is 62.7 Å². The van der Waals surface area contributed by atoms with Crippen molar-refractivity contribution in [3.05, 3.63) is 71.9 Å². The second-order valence-corrected chi connectivity index (χ2v) is 9.61. The zero-order chi connectivity index (χ0) is 30.5. The lowest BCUT2D eigenvalue weighted by Crippen LogP contribution is -2.37. The van der Waals surface area contributed by atoms with E-state index in [1.807, 2.05) is 61.5 Å². The Kier molecular flexibility index (Phi) is 11.9. The Hall–Kier alpha value is -4.39. The van der Waals surface area contributed by atoms with Crippen molar-refractivity contribution in [2.75, 3.05) is 49.2 Å². The number of likely N-dealkylation sites (tertiary alicyclic amines) is 1. The van der Waals surface area contributed by atoms with Gasteiger partial charge >= 0.3 is 12.1 Å². The number of carboxylic acid groups (broad SMARTS) is 1. The van der Waals surface area contributed by atoms with E-state index in [0.717, 1.165) is 43.1 Å². The summed E-state index contributed by atoms with van der Waals surface area (Å²) in [4.78, 5) is 33.8. The molecule has 1 saturated heterocycles. The van der Waals surface area contributed by atoms with Crippen LogP contribution in [0.2, 0.25) is 0 Å². The number of nitrogens with one attached hydrogen (secondary N) is 3. The van der Waals surface area contributed by atoms with Crippen molar-refractivity contribution in [1.82, 2.24) is 14.9 Å². The van der Waals surface area contributed by atoms with Gasteiger partial charge in [0.05, 0.1) is 7.11 Å². The van der Waals surface area contributed by atoms with E-state index in [4.69, 9.17) is 14.6 Å². The highest BCUT2D eigenvalue weighted by Crippen LogP contribution is 2.19. The third-order valence-corrected chi connectivity index (χ3v) is 6.39. The Morgan fingerprint density at radius 3 is 2.31 bits per heavy atom. The zero-order valence-corrected chi connectivity index (χ0v) is 23.4. The molecule has 0 spiro atoms. The summed E-state index contributed by atoms with van der Waals surface area (Å²) in [5, 5.41) is 16.8. The van der Waals surface area contributed by atoms with E-state index in [0.29, 0.717) is 23.9 Å². The molecule has 4 N–H and O–H groups in total. The predicted octanol–water partition coefficient (Wildman–Crippen LogP) is 4.60. The van der Waals surface area contributed by atoms with Crippen LogP contribution in [0.3, 0.4) is 0 Å². The number of aryl methyl sites for hydroxylation is 1. The fraction of sp³-hybridized carbons (Fsp3) is 0.379. The fourth-order valence-corrected chi connectivity index (χ4v) is 4.13. The second kappa shape index (κ2) is 15.6. The Labute approximate surface area is 242 Å². The first-order chi connectivity index (χ1) is 20.0. The molecule has 1 fully saturated rings. The largest absolute Gasteiger partial charge is 0.497 e. The van der Waals surface area contributed by atoms with E-state index in [-0.39, 0.29) is 5.91 Å². The van der Waals surface area contributed by atoms with Crippen LogP contribution in [0.4, 0.5) is 30.6 Å². The van der Waals surface area contributed by atoms with E-state index in [1.165, 1.54) is 12.8 Å². The molecule has 2 heterocycles. The van der Waals surface area contributed by atoms with Crippen molar-refractivity contribution < 1.29 is 32.6 Å². The molecule has 3 aromatic rings. The van der Waals surface area contributed by atoms with Gasteiger partial charge in [-0.1, -0.05) is 30.3 Å². The molecule has 0 bridgehead atoms. The summed E-state index contributed by atoms with van der Waals surface area (Å²) in [6.45, 7) is 6.02. The summed E-state index contributed by atoms with van der Waals surface area (Å²) in [5.41, 5.74) is 2.65. The summed E-state index contributed by atoms with van der Waals surface area (Å²) in [6.07, 6.45) is -0.231. The number of anilines is 3. The van der Waals surface area contributed by atoms with E-state index < -0.39 is 18.2 Å². The number of halogens is 3. The molecule has 2 aromatic carbocycles. The van der Waals surface area contributed by atoms with Crippen molar-refractivity contribution in [2.24, 2.45) is 0 Å². The molecule has 10 nitrogen and oxygen atoms in total. The predicted molar refractivity (Wildman–Crippen MR) is 154 cm³/mol. The zero-order valence-electron chi connectivity index (χ0n) is 23.4. The summed E-state index contributed by atoms with van der Waals surface area (Å²) in [5.74, 6) is -0.947. The molecule has 0 radical (unpaired) electrons. The molecule has 42 heavy (non-hydrogen) atoms. The van der Waals surface area contributed by atoms with Gasteiger partial charge in [0.25, 0.3) is 0 Å². The summed E-state index contributed by atoms with van der Waals surface area (Å²) >= 11 is 0. The molecule has 1 aliphatic heterocycles. The lowest BCUT2D eigenvalue weighted by molar-refractivity contribution is -0.192. The van der Waals surface area contributed by atoms with Crippen molar-refractivity contribution in [3.8, 4) is 5.75 Å². The Bertz CT molecular complexity index is 1290. The van der Waals surface area contributed by atoms with Gasteiger partial charge in [-0.2, -0.15) is 18.2 Å². The number of alkyl halides is 3. The number of carbonyl (C=O) groups excluding carboxylic acids is 1. The van der Waals surface area contributed by atoms with Crippen LogP contribution < -0.4 is 20.7 Å². The van der Waals surface area contributed by atoms with Gasteiger partial charge in [-0.15, -0.1) is 0 Å². The number of aromatic nitrogens is 2. The Balaban J connectivity index is 0.000000616. The third-order valence-electron chi connectivity index (χ3n) is 6.39. The number of carboxylic acids is 1. The van der Waals surface area contributed by atoms with Crippen LogP contribution in [-0.2, 0) is 16.0 Å². The number of nitrogens with zero attached hydrogens (tertiary/aromatic N) is 3. The first kappa shape index (κ1) is 32.1. The minimum absolute atomic E-state index is 0.138. The molecular weight excluding hydrogens is 553 g/mol. The van der Waals surface area contributed by atoms with Crippen molar-refractivity contribution in [1.29, 1.82) is 0 Å². The molecule has 226 valence electrons. The lowest BCUT2D eigenvalue weighted by Gasteiger charge is -2.21. The molecule has 1 atom stereocenters. The quantitative estimate of drug-likeness (QED) is 0.254. The minimum atomic E-state index is -5.08. The molecule has 0 unspecified atom stereocenters. The van der Waals surface area contributed by atoms with Crippen LogP contribution in [0, 0.1) is 6.92 Å². The van der Waals surface area contributed by atoms with Gasteiger partial charge in [0, 0.05) is 37.0 Å². The van der Waals surface area contributed by atoms with Crippen molar-refractivity contribution in [3.63, 3.8) is 0 Å². The van der Waals surface area contributed by atoms with Crippen LogP contribution in [0.15, 0.2) is 60.8 Å². The van der Waals surface area contributed by atoms with E-state index in [2.05, 4.69) is 30.8 Å². The number of hydrogen-bond acceptors (Lipinski definition) is 8. The lowest BCUT2D eigenvalue weighted by atomic mass is 10.0. The molecule has 1 aromatic heterocycles. The number of amides is 1. The van der Waals surface area contributed by atoms with E-state index in [1.54, 1.807) is 13.3 Å². The molecule has 4 rings (SSSR count). The molecular formula is C29H35F3N6O4. The first-order valence-electron chi connectivity index (χ1n) is 13.4. The Morgan fingerprint density at radius 2 is 1.71 bits per heavy atom. The SMILES string of the molecule is COc1ccc(NC(=O)[C@H](Cc2ccccc2)Nc2nc(NCCN3CCCC3)ncc2C)cc1.O=C(O)C(F)(F)F. The van der Waals surface area contributed by atoms with Crippen LogP contribution in [0.5, 0.6) is 5.75 Å². The second-order valence-electron chi connectivity index (χ2n) is 9.61. The summed E-state index contributed by atoms with van der Waals surface area (Å²) in [7, 11) is 1.62. The van der Waals surface area contributed by atoms with Gasteiger partial charge < -0.3 is 30.7 Å². The highest BCUT2D eigenvalue weighted by Gasteiger charge is 2.38. The molecule has 1 aliphatic rings. The normalized spacial score (nSPS) is 13.8. The highest BCUT2D eigenvalue weighted by atomic mass is 19.4. The standard InChI is InChI=1S/C27H34N6O2.C2HF3O2/c1-20-19-29-27(28-14-17-33-15-6-7-16-33)32-25(20)31-24(18-21-8-4-3-5-9-21)26(34)30-22-10-12-23(35-2)13-11-22;3-2(4,5)1(6)7/h3-5,8-13,19,24H,6-7,14-18H2,1-2H3,(H,30,34)(H2,28,29,31,32);(H,6,7)/t24-;/m0./s1. The number of carbonyl (C=O) groups is 2. The van der Waals surface area contributed by atoms with Gasteiger partial charge in [-0.3, -0.25) is 4.79 Å². The van der Waals surface area contributed by atoms with Gasteiger partial charge in [0.15, 0.2) is 0 Å². The minimum Gasteiger partial charge on any atom is -0.497 e. The molecule has 0 aliphatic carbocycles. The number of rotatable bonds is 11. The monoisotopic (exact) mass is 588 g/mol. The average Bonchev–Trinajstić information content (AvgIpc) is 3.49. The number of benzene rings is 2. The third kappa shape index (κ3) is 10.5. The van der Waals surface area contributed by atoms with E-state index in [9.17, 15) is 18.0 Å². The number of methoxy groups -OCH3 is 1. The highest BCUT2D eigenvalue weighted by molar-refractivity contribution is 5.96. The number of hydrogen-bond donors (Lipinski definition) is 4. The summed E-state index contributed by atoms with van der Waals surface area (Å²) < 4.78 is 36.9. The summed E-state index contributed by atoms with van der Waals surface area (Å²) in [6, 6.07) is 16.7. The van der Waals surface area contributed by atoms with Crippen molar-refractivity contribution >= 4 is 29.3 Å². The topological polar surface area (TPSA) is 129 Å². The van der Waals surface area contributed by atoms with Crippen LogP contribution in [0.1, 0.15) is 24.0 Å². The van der Waals surface area contributed by atoms with Crippen LogP contribution >= 0.6 is 0 Å². The van der Waals surface area contributed by atoms with Crippen LogP contribution in [0.25, 0.3) is 0 Å². The maximum atomic E-state index is 13.3. The van der Waals surface area contributed by atoms with Gasteiger partial charge in [0.1, 0.15) is 17.6 Å². The smallest absolute Gasteiger partial charge is 0.490 e. The Morgan fingerprint density at radius 1 is 1.07 bits per heavy atom. The number of ether oxygens (including phenoxy) is 1. The van der Waals surface area contributed by atoms with Crippen LogP contribution in [-0.4, -0.2) is 77.4 Å². The molecule has 0 saturated carbocycles. The molecule has 13 heteroatoms. The molecule has 1 amide bonds.